The van der Waals surface area contributed by atoms with Crippen LogP contribution in [0.15, 0.2) is 0 Å². The maximum atomic E-state index is 8.98. The molecule has 18 heavy (non-hydrogen) atoms. The molecule has 0 aromatic carbocycles. The summed E-state index contributed by atoms with van der Waals surface area (Å²) >= 11 is 0. The van der Waals surface area contributed by atoms with Crippen LogP contribution in [0.25, 0.3) is 0 Å². The van der Waals surface area contributed by atoms with Crippen LogP contribution in [0.4, 0.5) is 0 Å². The summed E-state index contributed by atoms with van der Waals surface area (Å²) in [7, 11) is 2.20. The van der Waals surface area contributed by atoms with E-state index in [0.717, 1.165) is 6.04 Å². The van der Waals surface area contributed by atoms with Crippen LogP contribution in [0.2, 0.25) is 0 Å². The number of piperidine rings is 1. The Morgan fingerprint density at radius 2 is 1.39 bits per heavy atom. The molecule has 4 fully saturated rings. The Balaban J connectivity index is 0.000000574. The van der Waals surface area contributed by atoms with E-state index in [1.165, 1.54) is 45.4 Å². The summed E-state index contributed by atoms with van der Waals surface area (Å²) in [6.07, 6.45) is 6.03. The number of rotatable bonds is 1. The minimum absolute atomic E-state index is 0.563. The third kappa shape index (κ3) is 2.48. The van der Waals surface area contributed by atoms with Crippen molar-refractivity contribution in [2.45, 2.75) is 51.2 Å². The fourth-order valence-corrected chi connectivity index (χ4v) is 3.49. The van der Waals surface area contributed by atoms with E-state index in [1.807, 2.05) is 18.7 Å². The molecule has 3 aliphatic heterocycles. The molecule has 0 aromatic rings. The highest BCUT2D eigenvalue weighted by Gasteiger charge is 2.46. The summed E-state index contributed by atoms with van der Waals surface area (Å²) in [4.78, 5) is 7.07. The van der Waals surface area contributed by atoms with Gasteiger partial charge in [0.15, 0.2) is 6.19 Å². The third-order valence-corrected chi connectivity index (χ3v) is 4.59. The quantitative estimate of drug-likeness (QED) is 0.658. The molecule has 0 aromatic heterocycles. The average molecular weight is 250 g/mol. The smallest absolute Gasteiger partial charge is 0.179 e. The fraction of sp³-hybridized carbons (Fsp3) is 0.929. The second-order valence-corrected chi connectivity index (χ2v) is 5.52. The van der Waals surface area contributed by atoms with Crippen molar-refractivity contribution in [3.63, 3.8) is 0 Å². The third-order valence-electron chi connectivity index (χ3n) is 4.59. The van der Waals surface area contributed by atoms with Crippen molar-refractivity contribution < 1.29 is 0 Å². The van der Waals surface area contributed by atoms with Crippen LogP contribution in [-0.2, 0) is 0 Å². The lowest BCUT2D eigenvalue weighted by molar-refractivity contribution is -0.0354. The second-order valence-electron chi connectivity index (χ2n) is 5.52. The Kier molecular flexibility index (Phi) is 4.47. The molecule has 2 unspecified atom stereocenters. The highest BCUT2D eigenvalue weighted by atomic mass is 15.3. The molecule has 0 radical (unpaired) electrons. The van der Waals surface area contributed by atoms with Gasteiger partial charge in [0.2, 0.25) is 0 Å². The van der Waals surface area contributed by atoms with Gasteiger partial charge in [0.25, 0.3) is 0 Å². The highest BCUT2D eigenvalue weighted by Crippen LogP contribution is 2.39. The summed E-state index contributed by atoms with van der Waals surface area (Å²) < 4.78 is 0. The number of likely N-dealkylation sites (N-methyl/N-ethyl adjacent to an activating group) is 1. The van der Waals surface area contributed by atoms with Crippen LogP contribution in [0.3, 0.4) is 0 Å². The molecule has 2 atom stereocenters. The Morgan fingerprint density at radius 1 is 0.889 bits per heavy atom. The van der Waals surface area contributed by atoms with E-state index in [1.54, 1.807) is 0 Å². The standard InChI is InChI=1S/C12H20N4.C2H6/c1-14-2-4-15(5-3-14)10-6-11-8-12(7-10)16(11)9-13;1-2/h10-12H,2-8H2,1H3;1-2H3. The van der Waals surface area contributed by atoms with Crippen LogP contribution >= 0.6 is 0 Å². The molecule has 0 N–H and O–H groups in total. The topological polar surface area (TPSA) is 33.5 Å². The van der Waals surface area contributed by atoms with Crippen molar-refractivity contribution in [2.75, 3.05) is 33.2 Å². The van der Waals surface area contributed by atoms with Gasteiger partial charge in [0, 0.05) is 44.3 Å². The lowest BCUT2D eigenvalue weighted by Gasteiger charge is -2.55. The zero-order valence-electron chi connectivity index (χ0n) is 12.0. The molecule has 2 bridgehead atoms. The number of hydrogen-bond donors (Lipinski definition) is 0. The van der Waals surface area contributed by atoms with Crippen molar-refractivity contribution >= 4 is 0 Å². The van der Waals surface area contributed by atoms with Crippen LogP contribution < -0.4 is 0 Å². The van der Waals surface area contributed by atoms with Gasteiger partial charge in [-0.05, 0) is 26.3 Å². The first-order chi connectivity index (χ1) is 8.78. The molecule has 0 amide bonds. The van der Waals surface area contributed by atoms with Crippen LogP contribution in [-0.4, -0.2) is 66.1 Å². The van der Waals surface area contributed by atoms with Gasteiger partial charge in [-0.2, -0.15) is 5.26 Å². The lowest BCUT2D eigenvalue weighted by atomic mass is 9.76. The van der Waals surface area contributed by atoms with Crippen molar-refractivity contribution in [3.8, 4) is 6.19 Å². The molecule has 102 valence electrons. The highest BCUT2D eigenvalue weighted by molar-refractivity contribution is 5.07. The van der Waals surface area contributed by atoms with Crippen LogP contribution in [0, 0.1) is 11.5 Å². The first-order valence-electron chi connectivity index (χ1n) is 7.38. The molecule has 0 spiro atoms. The molecular formula is C14H26N4. The fourth-order valence-electron chi connectivity index (χ4n) is 3.49. The Bertz CT molecular complexity index is 291. The molecule has 4 nitrogen and oxygen atoms in total. The minimum atomic E-state index is 0.563. The summed E-state index contributed by atoms with van der Waals surface area (Å²) in [5.41, 5.74) is 0. The number of fused-ring (bicyclic) bond motifs is 2. The summed E-state index contributed by atoms with van der Waals surface area (Å²) in [5.74, 6) is 0. The van der Waals surface area contributed by atoms with E-state index in [-0.39, 0.29) is 0 Å². The van der Waals surface area contributed by atoms with Gasteiger partial charge in [0.05, 0.1) is 0 Å². The Labute approximate surface area is 111 Å². The maximum absolute atomic E-state index is 8.98. The normalized spacial score (nSPS) is 36.1. The lowest BCUT2D eigenvalue weighted by Crippen LogP contribution is -2.63. The van der Waals surface area contributed by atoms with Crippen LogP contribution in [0.5, 0.6) is 0 Å². The maximum Gasteiger partial charge on any atom is 0.179 e. The zero-order chi connectivity index (χ0) is 13.1. The van der Waals surface area contributed by atoms with Crippen molar-refractivity contribution in [2.24, 2.45) is 0 Å². The SMILES string of the molecule is CC.CN1CCN(C2CC3CC(C2)N3C#N)CC1. The first kappa shape index (κ1) is 13.6. The minimum Gasteiger partial charge on any atom is -0.304 e. The predicted molar refractivity (Wildman–Crippen MR) is 73.1 cm³/mol. The van der Waals surface area contributed by atoms with Crippen molar-refractivity contribution in [1.29, 1.82) is 5.26 Å². The number of piperazine rings is 1. The van der Waals surface area contributed by atoms with Gasteiger partial charge in [-0.15, -0.1) is 0 Å². The van der Waals surface area contributed by atoms with Gasteiger partial charge >= 0.3 is 0 Å². The zero-order valence-corrected chi connectivity index (χ0v) is 12.0. The Hall–Kier alpha value is -0.790. The predicted octanol–water partition coefficient (Wildman–Crippen LogP) is 1.35. The van der Waals surface area contributed by atoms with Gasteiger partial charge in [-0.1, -0.05) is 13.8 Å². The molecule has 4 heteroatoms. The van der Waals surface area contributed by atoms with E-state index >= 15 is 0 Å². The Morgan fingerprint density at radius 3 is 1.89 bits per heavy atom. The molecule has 4 rings (SSSR count). The average Bonchev–Trinajstić information content (AvgIpc) is 2.42. The van der Waals surface area contributed by atoms with Crippen molar-refractivity contribution in [3.05, 3.63) is 0 Å². The van der Waals surface area contributed by atoms with Gasteiger partial charge in [-0.3, -0.25) is 4.90 Å². The number of nitrogens with zero attached hydrogens (tertiary/aromatic N) is 4. The summed E-state index contributed by atoms with van der Waals surface area (Å²) in [6.45, 7) is 8.84. The van der Waals surface area contributed by atoms with E-state index < -0.39 is 0 Å². The largest absolute Gasteiger partial charge is 0.304 e. The molecular weight excluding hydrogens is 224 g/mol. The van der Waals surface area contributed by atoms with E-state index in [2.05, 4.69) is 23.0 Å². The van der Waals surface area contributed by atoms with E-state index in [4.69, 9.17) is 5.26 Å². The van der Waals surface area contributed by atoms with Gasteiger partial charge < -0.3 is 9.80 Å². The molecule has 3 saturated heterocycles. The monoisotopic (exact) mass is 250 g/mol. The molecule has 4 aliphatic rings. The first-order valence-corrected chi connectivity index (χ1v) is 7.38. The van der Waals surface area contributed by atoms with Gasteiger partial charge in [0.1, 0.15) is 0 Å². The molecule has 1 aliphatic carbocycles. The summed E-state index contributed by atoms with van der Waals surface area (Å²) in [5, 5.41) is 8.98. The number of nitriles is 1. The number of hydrogen-bond acceptors (Lipinski definition) is 4. The molecule has 1 saturated carbocycles. The van der Waals surface area contributed by atoms with Gasteiger partial charge in [-0.25, -0.2) is 0 Å². The van der Waals surface area contributed by atoms with E-state index in [9.17, 15) is 0 Å². The van der Waals surface area contributed by atoms with Crippen LogP contribution in [0.1, 0.15) is 33.1 Å². The van der Waals surface area contributed by atoms with Crippen molar-refractivity contribution in [1.82, 2.24) is 14.7 Å². The van der Waals surface area contributed by atoms with E-state index in [0.29, 0.717) is 12.1 Å². The second kappa shape index (κ2) is 5.90. The summed E-state index contributed by atoms with van der Waals surface area (Å²) in [6, 6.07) is 1.88. The molecule has 3 heterocycles.